The van der Waals surface area contributed by atoms with Gasteiger partial charge in [-0.05, 0) is 55.8 Å². The molecular weight excluding hydrogens is 362 g/mol. The highest BCUT2D eigenvalue weighted by Crippen LogP contribution is 2.41. The van der Waals surface area contributed by atoms with Gasteiger partial charge < -0.3 is 4.74 Å². The van der Waals surface area contributed by atoms with Gasteiger partial charge in [-0.1, -0.05) is 23.7 Å². The Balaban J connectivity index is 2.15. The molecule has 0 amide bonds. The minimum atomic E-state index is -3.80. The average molecular weight is 378 g/mol. The van der Waals surface area contributed by atoms with E-state index in [4.69, 9.17) is 21.5 Å². The summed E-state index contributed by atoms with van der Waals surface area (Å²) in [6, 6.07) is 12.8. The first kappa shape index (κ1) is 17.7. The van der Waals surface area contributed by atoms with E-state index in [0.717, 1.165) is 0 Å². The lowest BCUT2D eigenvalue weighted by Gasteiger charge is -2.17. The number of carbonyl (C=O) groups excluding carboxylic acids is 1. The summed E-state index contributed by atoms with van der Waals surface area (Å²) >= 11 is 5.92. The lowest BCUT2D eigenvalue weighted by atomic mass is 9.93. The third kappa shape index (κ3) is 3.33. The van der Waals surface area contributed by atoms with Gasteiger partial charge in [-0.15, -0.1) is 0 Å². The summed E-state index contributed by atoms with van der Waals surface area (Å²) in [7, 11) is -3.80. The van der Waals surface area contributed by atoms with E-state index in [-0.39, 0.29) is 10.7 Å². The monoisotopic (exact) mass is 377 g/mol. The van der Waals surface area contributed by atoms with Crippen molar-refractivity contribution < 1.29 is 17.9 Å². The number of hydrogen-bond acceptors (Lipinski definition) is 4. The van der Waals surface area contributed by atoms with Crippen LogP contribution < -0.4 is 5.14 Å². The molecule has 130 valence electrons. The number of halogens is 1. The molecule has 3 rings (SSSR count). The number of carbonyl (C=O) groups is 1. The summed E-state index contributed by atoms with van der Waals surface area (Å²) in [5.41, 5.74) is 0.665. The lowest BCUT2D eigenvalue weighted by Crippen LogP contribution is -2.29. The van der Waals surface area contributed by atoms with Gasteiger partial charge >= 0.3 is 0 Å². The molecule has 0 aliphatic carbocycles. The van der Waals surface area contributed by atoms with Crippen molar-refractivity contribution in [2.75, 3.05) is 0 Å². The van der Waals surface area contributed by atoms with Crippen molar-refractivity contribution in [1.82, 2.24) is 0 Å². The molecule has 5 nitrogen and oxygen atoms in total. The number of benzene rings is 2. The maximum absolute atomic E-state index is 12.8. The summed E-state index contributed by atoms with van der Waals surface area (Å²) in [4.78, 5) is 12.8. The van der Waals surface area contributed by atoms with Crippen molar-refractivity contribution in [2.24, 2.45) is 5.14 Å². The van der Waals surface area contributed by atoms with E-state index in [1.807, 2.05) is 0 Å². The third-order valence-corrected chi connectivity index (χ3v) is 5.12. The van der Waals surface area contributed by atoms with Crippen LogP contribution in [0.25, 0.3) is 11.3 Å². The van der Waals surface area contributed by atoms with E-state index >= 15 is 0 Å². The van der Waals surface area contributed by atoms with E-state index in [2.05, 4.69) is 0 Å². The molecule has 1 aliphatic heterocycles. The molecule has 0 radical (unpaired) electrons. The number of primary sulfonamides is 1. The Labute approximate surface area is 151 Å². The fraction of sp³-hybridized carbons (Fsp3) is 0.167. The zero-order valence-corrected chi connectivity index (χ0v) is 15.2. The molecule has 0 unspecified atom stereocenters. The predicted molar refractivity (Wildman–Crippen MR) is 96.3 cm³/mol. The Bertz CT molecular complexity index is 975. The highest BCUT2D eigenvalue weighted by Gasteiger charge is 2.42. The average Bonchev–Trinajstić information content (AvgIpc) is 2.78. The largest absolute Gasteiger partial charge is 0.478 e. The Morgan fingerprint density at radius 2 is 1.48 bits per heavy atom. The standard InChI is InChI=1S/C18H16ClNO4S/c1-18(2)17(21)15(11-5-9-14(10-6-11)25(20,22)23)16(24-18)12-3-7-13(19)8-4-12/h3-10H,1-2H3,(H2,20,22,23). The molecule has 25 heavy (non-hydrogen) atoms. The van der Waals surface area contributed by atoms with E-state index in [9.17, 15) is 13.2 Å². The van der Waals surface area contributed by atoms with Crippen LogP contribution in [0, 0.1) is 0 Å². The van der Waals surface area contributed by atoms with Crippen molar-refractivity contribution in [2.45, 2.75) is 24.3 Å². The molecule has 1 aliphatic rings. The molecule has 0 saturated heterocycles. The Morgan fingerprint density at radius 1 is 0.960 bits per heavy atom. The Kier molecular flexibility index (Phi) is 4.23. The number of sulfonamides is 1. The van der Waals surface area contributed by atoms with Crippen molar-refractivity contribution in [3.63, 3.8) is 0 Å². The molecule has 0 spiro atoms. The molecule has 2 aromatic rings. The normalized spacial score (nSPS) is 16.9. The lowest BCUT2D eigenvalue weighted by molar-refractivity contribution is -0.125. The van der Waals surface area contributed by atoms with Gasteiger partial charge in [-0.25, -0.2) is 13.6 Å². The van der Waals surface area contributed by atoms with E-state index in [0.29, 0.717) is 27.5 Å². The summed E-state index contributed by atoms with van der Waals surface area (Å²) in [6.45, 7) is 3.38. The second kappa shape index (κ2) is 5.98. The maximum atomic E-state index is 12.8. The topological polar surface area (TPSA) is 86.5 Å². The smallest absolute Gasteiger partial charge is 0.238 e. The number of hydrogen-bond donors (Lipinski definition) is 1. The van der Waals surface area contributed by atoms with Gasteiger partial charge in [0.05, 0.1) is 10.5 Å². The summed E-state index contributed by atoms with van der Waals surface area (Å²) in [5, 5.41) is 5.70. The molecule has 2 N–H and O–H groups in total. The maximum Gasteiger partial charge on any atom is 0.238 e. The van der Waals surface area contributed by atoms with Crippen LogP contribution in [0.4, 0.5) is 0 Å². The van der Waals surface area contributed by atoms with Crippen LogP contribution >= 0.6 is 11.6 Å². The summed E-state index contributed by atoms with van der Waals surface area (Å²) in [6.07, 6.45) is 0. The highest BCUT2D eigenvalue weighted by atomic mass is 35.5. The number of ketones is 1. The fourth-order valence-electron chi connectivity index (χ4n) is 2.63. The number of ether oxygens (including phenoxy) is 1. The van der Waals surface area contributed by atoms with Crippen LogP contribution in [0.2, 0.25) is 5.02 Å². The minimum absolute atomic E-state index is 0.0180. The fourth-order valence-corrected chi connectivity index (χ4v) is 3.28. The van der Waals surface area contributed by atoms with Crippen molar-refractivity contribution in [1.29, 1.82) is 0 Å². The van der Waals surface area contributed by atoms with Crippen molar-refractivity contribution >= 4 is 38.7 Å². The van der Waals surface area contributed by atoms with Gasteiger partial charge in [0.1, 0.15) is 5.76 Å². The minimum Gasteiger partial charge on any atom is -0.478 e. The van der Waals surface area contributed by atoms with Crippen molar-refractivity contribution in [3.8, 4) is 0 Å². The Morgan fingerprint density at radius 3 is 2.00 bits per heavy atom. The quantitative estimate of drug-likeness (QED) is 0.889. The number of rotatable bonds is 3. The van der Waals surface area contributed by atoms with Crippen LogP contribution in [-0.4, -0.2) is 19.8 Å². The summed E-state index contributed by atoms with van der Waals surface area (Å²) < 4.78 is 28.7. The summed E-state index contributed by atoms with van der Waals surface area (Å²) in [5.74, 6) is 0.260. The van der Waals surface area contributed by atoms with Crippen LogP contribution in [0.3, 0.4) is 0 Å². The Hall–Kier alpha value is -2.15. The van der Waals surface area contributed by atoms with Crippen LogP contribution in [-0.2, 0) is 19.6 Å². The van der Waals surface area contributed by atoms with Crippen LogP contribution in [0.5, 0.6) is 0 Å². The molecule has 0 fully saturated rings. The third-order valence-electron chi connectivity index (χ3n) is 3.94. The second-order valence-electron chi connectivity index (χ2n) is 6.22. The zero-order chi connectivity index (χ0) is 18.4. The van der Waals surface area contributed by atoms with Crippen LogP contribution in [0.1, 0.15) is 25.0 Å². The molecule has 2 aromatic carbocycles. The second-order valence-corrected chi connectivity index (χ2v) is 8.22. The first-order chi connectivity index (χ1) is 11.6. The predicted octanol–water partition coefficient (Wildman–Crippen LogP) is 3.23. The molecule has 0 aromatic heterocycles. The van der Waals surface area contributed by atoms with E-state index in [1.54, 1.807) is 50.2 Å². The zero-order valence-electron chi connectivity index (χ0n) is 13.6. The first-order valence-electron chi connectivity index (χ1n) is 7.47. The number of nitrogens with two attached hydrogens (primary N) is 1. The van der Waals surface area contributed by atoms with Crippen molar-refractivity contribution in [3.05, 3.63) is 64.7 Å². The molecule has 0 bridgehead atoms. The highest BCUT2D eigenvalue weighted by molar-refractivity contribution is 7.89. The first-order valence-corrected chi connectivity index (χ1v) is 9.39. The van der Waals surface area contributed by atoms with E-state index in [1.165, 1.54) is 12.1 Å². The molecule has 1 heterocycles. The van der Waals surface area contributed by atoms with Gasteiger partial charge in [0.2, 0.25) is 15.8 Å². The van der Waals surface area contributed by atoms with Gasteiger partial charge in [-0.3, -0.25) is 4.79 Å². The van der Waals surface area contributed by atoms with Gasteiger partial charge in [0, 0.05) is 10.6 Å². The molecule has 0 saturated carbocycles. The van der Waals surface area contributed by atoms with E-state index < -0.39 is 15.6 Å². The van der Waals surface area contributed by atoms with Gasteiger partial charge in [-0.2, -0.15) is 0 Å². The van der Waals surface area contributed by atoms with Crippen LogP contribution in [0.15, 0.2) is 53.4 Å². The molecule has 7 heteroatoms. The number of Topliss-reactive ketones (excluding diaryl/α,β-unsaturated/α-hetero) is 1. The van der Waals surface area contributed by atoms with Gasteiger partial charge in [0.15, 0.2) is 5.60 Å². The SMILES string of the molecule is CC1(C)OC(c2ccc(Cl)cc2)=C(c2ccc(S(N)(=O)=O)cc2)C1=O. The molecular formula is C18H16ClNO4S. The molecule has 0 atom stereocenters. The van der Waals surface area contributed by atoms with Gasteiger partial charge in [0.25, 0.3) is 0 Å².